The van der Waals surface area contributed by atoms with Gasteiger partial charge in [0.05, 0.1) is 50.5 Å². The van der Waals surface area contributed by atoms with Gasteiger partial charge in [-0.3, -0.25) is 0 Å². The zero-order chi connectivity index (χ0) is 17.3. The van der Waals surface area contributed by atoms with Gasteiger partial charge < -0.3 is 15.2 Å². The lowest BCUT2D eigenvalue weighted by molar-refractivity contribution is -0.0328. The summed E-state index contributed by atoms with van der Waals surface area (Å²) < 4.78 is 47.7. The van der Waals surface area contributed by atoms with Crippen molar-refractivity contribution in [2.45, 2.75) is 21.0 Å². The first-order chi connectivity index (χ1) is 9.83. The van der Waals surface area contributed by atoms with Crippen LogP contribution in [0.4, 0.5) is 13.2 Å². The maximum Gasteiger partial charge on any atom is 0.446 e. The smallest absolute Gasteiger partial charge is 0.446 e. The van der Waals surface area contributed by atoms with E-state index in [2.05, 4.69) is 0 Å². The summed E-state index contributed by atoms with van der Waals surface area (Å²) in [5, 5.41) is -4.03. The van der Waals surface area contributed by atoms with Crippen molar-refractivity contribution in [1.82, 2.24) is 0 Å². The van der Waals surface area contributed by atoms with Crippen LogP contribution in [-0.2, 0) is 5.21 Å². The number of halogens is 3. The maximum absolute atomic E-state index is 12.6. The molecule has 0 saturated carbocycles. The van der Waals surface area contributed by atoms with Crippen LogP contribution in [-0.4, -0.2) is 56.5 Å². The zero-order valence-corrected chi connectivity index (χ0v) is 12.7. The molecule has 0 aromatic heterocycles. The fraction of sp³-hybridized carbons (Fsp3) is 0.455. The highest BCUT2D eigenvalue weighted by atomic mass is 32.2. The van der Waals surface area contributed by atoms with E-state index in [0.717, 1.165) is 12.1 Å². The monoisotopic (exact) mass is 321 g/mol. The zero-order valence-electron chi connectivity index (χ0n) is 11.9. The van der Waals surface area contributed by atoms with Crippen LogP contribution >= 0.6 is 11.8 Å². The Bertz CT molecular complexity index is 549. The molecular weight excluding hydrogens is 310 g/mol. The highest BCUT2D eigenvalue weighted by molar-refractivity contribution is 8.00. The summed E-state index contributed by atoms with van der Waals surface area (Å²) in [5.74, 6) is -0.175. The molecule has 0 aliphatic heterocycles. The molecule has 0 aliphatic carbocycles. The fourth-order valence-corrected chi connectivity index (χ4v) is 2.29. The van der Waals surface area contributed by atoms with Gasteiger partial charge >= 0.3 is 5.51 Å². The molecule has 2 N–H and O–H groups in total. The molecule has 0 unspecified atom stereocenters. The molecule has 11 heteroatoms. The molecule has 8 radical (unpaired) electrons. The number of hydrogen-bond donors (Lipinski definition) is 1. The number of alkyl halides is 3. The van der Waals surface area contributed by atoms with Gasteiger partial charge in [0.1, 0.15) is 11.5 Å². The maximum atomic E-state index is 12.6. The SMILES string of the molecule is [B]C([B])(N)C([B])([B])c1cc(OC)c(SC(F)(F)F)cc1OC. The van der Waals surface area contributed by atoms with Crippen LogP contribution < -0.4 is 15.2 Å². The van der Waals surface area contributed by atoms with Gasteiger partial charge in [0.25, 0.3) is 0 Å². The fourth-order valence-electron chi connectivity index (χ4n) is 1.63. The van der Waals surface area contributed by atoms with Crippen LogP contribution in [0.5, 0.6) is 11.5 Å². The molecule has 3 nitrogen and oxygen atoms in total. The van der Waals surface area contributed by atoms with E-state index < -0.39 is 16.1 Å². The predicted octanol–water partition coefficient (Wildman–Crippen LogP) is 0.755. The number of benzene rings is 1. The Morgan fingerprint density at radius 2 is 1.50 bits per heavy atom. The number of methoxy groups -OCH3 is 2. The third-order valence-electron chi connectivity index (χ3n) is 2.87. The lowest BCUT2D eigenvalue weighted by atomic mass is 9.32. The van der Waals surface area contributed by atoms with Crippen molar-refractivity contribution < 1.29 is 22.6 Å². The number of rotatable bonds is 5. The van der Waals surface area contributed by atoms with Crippen molar-refractivity contribution in [3.8, 4) is 11.5 Å². The summed E-state index contributed by atoms with van der Waals surface area (Å²) in [6.07, 6.45) is 0. The molecule has 110 valence electrons. The minimum atomic E-state index is -4.51. The van der Waals surface area contributed by atoms with Crippen LogP contribution in [0.1, 0.15) is 5.56 Å². The molecule has 1 aromatic carbocycles. The molecule has 0 atom stereocenters. The molecule has 0 spiro atoms. The molecule has 0 aliphatic rings. The Morgan fingerprint density at radius 1 is 1.00 bits per heavy atom. The molecular formula is C11H10B4F3NO2S. The second kappa shape index (κ2) is 6.35. The van der Waals surface area contributed by atoms with Crippen LogP contribution in [0.3, 0.4) is 0 Å². The lowest BCUT2D eigenvalue weighted by Crippen LogP contribution is -2.60. The van der Waals surface area contributed by atoms with E-state index in [9.17, 15) is 13.2 Å². The first-order valence-corrected chi connectivity index (χ1v) is 6.61. The third-order valence-corrected chi connectivity index (χ3v) is 3.64. The average Bonchev–Trinajstić information content (AvgIpc) is 2.34. The van der Waals surface area contributed by atoms with Crippen LogP contribution in [0.25, 0.3) is 0 Å². The van der Waals surface area contributed by atoms with E-state index in [4.69, 9.17) is 46.6 Å². The van der Waals surface area contributed by atoms with E-state index in [1.54, 1.807) is 0 Å². The van der Waals surface area contributed by atoms with Crippen LogP contribution in [0, 0.1) is 0 Å². The van der Waals surface area contributed by atoms with E-state index >= 15 is 0 Å². The molecule has 0 fully saturated rings. The minimum absolute atomic E-state index is 0.00544. The van der Waals surface area contributed by atoms with Gasteiger partial charge in [0.2, 0.25) is 0 Å². The van der Waals surface area contributed by atoms with Crippen molar-refractivity contribution in [1.29, 1.82) is 0 Å². The summed E-state index contributed by atoms with van der Waals surface area (Å²) in [7, 11) is 25.1. The second-order valence-electron chi connectivity index (χ2n) is 4.55. The number of ether oxygens (including phenoxy) is 2. The van der Waals surface area contributed by atoms with Crippen LogP contribution in [0.15, 0.2) is 17.0 Å². The second-order valence-corrected chi connectivity index (χ2v) is 5.66. The highest BCUT2D eigenvalue weighted by Gasteiger charge is 2.37. The topological polar surface area (TPSA) is 44.5 Å². The number of hydrogen-bond acceptors (Lipinski definition) is 4. The van der Waals surface area contributed by atoms with Gasteiger partial charge in [-0.1, -0.05) is 10.6 Å². The highest BCUT2D eigenvalue weighted by Crippen LogP contribution is 2.46. The van der Waals surface area contributed by atoms with Crippen molar-refractivity contribution in [2.24, 2.45) is 5.73 Å². The van der Waals surface area contributed by atoms with Crippen molar-refractivity contribution in [3.63, 3.8) is 0 Å². The van der Waals surface area contributed by atoms with Crippen LogP contribution in [0.2, 0.25) is 0 Å². The number of thioether (sulfide) groups is 1. The third kappa shape index (κ3) is 4.13. The largest absolute Gasteiger partial charge is 0.496 e. The first-order valence-electron chi connectivity index (χ1n) is 5.80. The number of nitrogens with two attached hydrogens (primary N) is 1. The Kier molecular flexibility index (Phi) is 5.55. The molecule has 0 heterocycles. The van der Waals surface area contributed by atoms with Gasteiger partial charge in [-0.25, -0.2) is 0 Å². The van der Waals surface area contributed by atoms with Crippen molar-refractivity contribution >= 4 is 43.1 Å². The summed E-state index contributed by atoms with van der Waals surface area (Å²) in [5.41, 5.74) is 1.02. The quantitative estimate of drug-likeness (QED) is 0.642. The van der Waals surface area contributed by atoms with Gasteiger partial charge in [0.15, 0.2) is 0 Å². The van der Waals surface area contributed by atoms with Gasteiger partial charge in [-0.05, 0) is 29.5 Å². The molecule has 0 amide bonds. The van der Waals surface area contributed by atoms with Crippen molar-refractivity contribution in [3.05, 3.63) is 17.7 Å². The summed E-state index contributed by atoms with van der Waals surface area (Å²) in [6.45, 7) is 0. The lowest BCUT2D eigenvalue weighted by Gasteiger charge is -2.42. The van der Waals surface area contributed by atoms with Gasteiger partial charge in [0, 0.05) is 0 Å². The molecule has 0 saturated heterocycles. The Balaban J connectivity index is 3.50. The standard InChI is InChI=1S/C11H10B4F3NO2S/c1-20-6-4-8(22-11(16,17)18)7(21-2)3-5(6)9(12,13)10(14,15)19/h3-4H,19H2,1-2H3. The van der Waals surface area contributed by atoms with Crippen molar-refractivity contribution in [2.75, 3.05) is 14.2 Å². The van der Waals surface area contributed by atoms with Gasteiger partial charge in [-0.15, -0.1) is 0 Å². The summed E-state index contributed by atoms with van der Waals surface area (Å²) in [6, 6.07) is 2.24. The predicted molar refractivity (Wildman–Crippen MR) is 83.1 cm³/mol. The molecule has 1 aromatic rings. The first kappa shape index (κ1) is 19.2. The molecule has 0 bridgehead atoms. The Hall–Kier alpha value is -0.820. The Labute approximate surface area is 136 Å². The summed E-state index contributed by atoms with van der Waals surface area (Å²) >= 11 is -0.372. The van der Waals surface area contributed by atoms with E-state index in [1.165, 1.54) is 14.2 Å². The molecule has 22 heavy (non-hydrogen) atoms. The Morgan fingerprint density at radius 3 is 1.86 bits per heavy atom. The van der Waals surface area contributed by atoms with E-state index in [1.807, 2.05) is 0 Å². The normalized spacial score (nSPS) is 13.0. The van der Waals surface area contributed by atoms with E-state index in [-0.39, 0.29) is 33.7 Å². The minimum Gasteiger partial charge on any atom is -0.496 e. The average molecular weight is 321 g/mol. The van der Waals surface area contributed by atoms with E-state index in [0.29, 0.717) is 0 Å². The van der Waals surface area contributed by atoms with Gasteiger partial charge in [-0.2, -0.15) is 13.2 Å². The molecule has 1 rings (SSSR count). The summed E-state index contributed by atoms with van der Waals surface area (Å²) in [4.78, 5) is -0.233.